The van der Waals surface area contributed by atoms with Crippen LogP contribution in [0.3, 0.4) is 0 Å². The minimum atomic E-state index is -3.41. The van der Waals surface area contributed by atoms with Crippen molar-refractivity contribution in [3.8, 4) is 0 Å². The summed E-state index contributed by atoms with van der Waals surface area (Å²) < 4.78 is 32.6. The number of furan rings is 1. The molecule has 120 valence electrons. The molecule has 1 fully saturated rings. The van der Waals surface area contributed by atoms with Crippen LogP contribution in [0.1, 0.15) is 44.6 Å². The monoisotopic (exact) mass is 314 g/mol. The number of nitrogens with zero attached hydrogens (tertiary/aromatic N) is 1. The van der Waals surface area contributed by atoms with E-state index in [2.05, 4.69) is 19.2 Å². The van der Waals surface area contributed by atoms with Gasteiger partial charge in [0.15, 0.2) is 0 Å². The van der Waals surface area contributed by atoms with Crippen molar-refractivity contribution in [2.24, 2.45) is 5.92 Å². The van der Waals surface area contributed by atoms with Crippen LogP contribution in [-0.2, 0) is 16.6 Å². The third-order valence-electron chi connectivity index (χ3n) is 4.09. The Morgan fingerprint density at radius 3 is 2.81 bits per heavy atom. The zero-order valence-corrected chi connectivity index (χ0v) is 14.0. The molecule has 1 unspecified atom stereocenters. The lowest BCUT2D eigenvalue weighted by molar-refractivity contribution is 0.442. The first-order valence-electron chi connectivity index (χ1n) is 7.79. The van der Waals surface area contributed by atoms with Crippen LogP contribution < -0.4 is 5.32 Å². The van der Waals surface area contributed by atoms with Gasteiger partial charge in [0, 0.05) is 19.2 Å². The molecule has 1 aliphatic rings. The number of aryl methyl sites for hydroxylation is 1. The van der Waals surface area contributed by atoms with Crippen LogP contribution >= 0.6 is 0 Å². The van der Waals surface area contributed by atoms with Crippen molar-refractivity contribution in [2.75, 3.05) is 19.6 Å². The van der Waals surface area contributed by atoms with Gasteiger partial charge in [-0.2, -0.15) is 4.31 Å². The van der Waals surface area contributed by atoms with Gasteiger partial charge in [-0.05, 0) is 32.2 Å². The average molecular weight is 314 g/mol. The predicted molar refractivity (Wildman–Crippen MR) is 82.6 cm³/mol. The molecule has 0 amide bonds. The van der Waals surface area contributed by atoms with Crippen LogP contribution in [0.5, 0.6) is 0 Å². The smallest absolute Gasteiger partial charge is 0.246 e. The van der Waals surface area contributed by atoms with E-state index in [0.29, 0.717) is 42.0 Å². The third kappa shape index (κ3) is 3.67. The van der Waals surface area contributed by atoms with Crippen molar-refractivity contribution in [1.29, 1.82) is 0 Å². The maximum atomic E-state index is 12.7. The Kier molecular flexibility index (Phi) is 5.46. The fourth-order valence-corrected chi connectivity index (χ4v) is 4.46. The lowest BCUT2D eigenvalue weighted by atomic mass is 10.1. The van der Waals surface area contributed by atoms with E-state index in [1.807, 2.05) is 0 Å². The van der Waals surface area contributed by atoms with Crippen molar-refractivity contribution < 1.29 is 12.8 Å². The molecule has 1 aliphatic heterocycles. The molecule has 0 aromatic carbocycles. The van der Waals surface area contributed by atoms with Crippen LogP contribution in [0.25, 0.3) is 0 Å². The molecule has 5 nitrogen and oxygen atoms in total. The van der Waals surface area contributed by atoms with Gasteiger partial charge >= 0.3 is 0 Å². The number of hydrogen-bond donors (Lipinski definition) is 1. The Bertz CT molecular complexity index is 565. The van der Waals surface area contributed by atoms with E-state index in [1.54, 1.807) is 17.3 Å². The lowest BCUT2D eigenvalue weighted by Crippen LogP contribution is -2.29. The molecule has 1 aromatic heterocycles. The second-order valence-corrected chi connectivity index (χ2v) is 7.64. The maximum absolute atomic E-state index is 12.7. The van der Waals surface area contributed by atoms with Crippen molar-refractivity contribution in [2.45, 2.75) is 51.5 Å². The summed E-state index contributed by atoms with van der Waals surface area (Å²) in [7, 11) is -3.41. The normalized spacial score (nSPS) is 20.2. The number of rotatable bonds is 7. The van der Waals surface area contributed by atoms with E-state index in [0.717, 1.165) is 25.8 Å². The van der Waals surface area contributed by atoms with Gasteiger partial charge < -0.3 is 9.73 Å². The van der Waals surface area contributed by atoms with Crippen LogP contribution in [0, 0.1) is 12.8 Å². The van der Waals surface area contributed by atoms with Gasteiger partial charge in [-0.25, -0.2) is 8.42 Å². The first-order valence-corrected chi connectivity index (χ1v) is 9.23. The minimum absolute atomic E-state index is 0.326. The summed E-state index contributed by atoms with van der Waals surface area (Å²) in [6.07, 6.45) is 3.02. The minimum Gasteiger partial charge on any atom is -0.464 e. The summed E-state index contributed by atoms with van der Waals surface area (Å²) in [6, 6.07) is 1.67. The topological polar surface area (TPSA) is 62.6 Å². The summed E-state index contributed by atoms with van der Waals surface area (Å²) in [4.78, 5) is 0.326. The molecule has 1 atom stereocenters. The fraction of sp³-hybridized carbons (Fsp3) is 0.733. The van der Waals surface area contributed by atoms with Crippen molar-refractivity contribution in [3.63, 3.8) is 0 Å². The zero-order valence-electron chi connectivity index (χ0n) is 13.2. The second-order valence-electron chi connectivity index (χ2n) is 5.74. The molecule has 0 bridgehead atoms. The fourth-order valence-electron chi connectivity index (χ4n) is 2.74. The van der Waals surface area contributed by atoms with Crippen LogP contribution in [0.4, 0.5) is 0 Å². The SMILES string of the molecule is CCCNCc1cc(S(=O)(=O)N2CCC(CC)C2)c(C)o1. The molecule has 0 aliphatic carbocycles. The average Bonchev–Trinajstić information content (AvgIpc) is 3.06. The highest BCUT2D eigenvalue weighted by atomic mass is 32.2. The lowest BCUT2D eigenvalue weighted by Gasteiger charge is -2.15. The van der Waals surface area contributed by atoms with Crippen LogP contribution in [0.15, 0.2) is 15.4 Å². The van der Waals surface area contributed by atoms with Crippen molar-refractivity contribution in [3.05, 3.63) is 17.6 Å². The van der Waals surface area contributed by atoms with Crippen molar-refractivity contribution >= 4 is 10.0 Å². The van der Waals surface area contributed by atoms with E-state index in [1.165, 1.54) is 0 Å². The van der Waals surface area contributed by atoms with Crippen LogP contribution in [0.2, 0.25) is 0 Å². The van der Waals surface area contributed by atoms with E-state index in [-0.39, 0.29) is 0 Å². The molecule has 0 saturated carbocycles. The molecule has 2 heterocycles. The highest BCUT2D eigenvalue weighted by Gasteiger charge is 2.34. The van der Waals surface area contributed by atoms with Crippen LogP contribution in [-0.4, -0.2) is 32.4 Å². The first-order chi connectivity index (χ1) is 9.98. The van der Waals surface area contributed by atoms with Gasteiger partial charge in [0.25, 0.3) is 0 Å². The molecular formula is C15H26N2O3S. The summed E-state index contributed by atoms with van der Waals surface area (Å²) >= 11 is 0. The molecule has 1 saturated heterocycles. The largest absolute Gasteiger partial charge is 0.464 e. The Hall–Kier alpha value is -0.850. The Morgan fingerprint density at radius 2 is 2.19 bits per heavy atom. The predicted octanol–water partition coefficient (Wildman–Crippen LogP) is 2.51. The Balaban J connectivity index is 2.13. The molecule has 2 rings (SSSR count). The van der Waals surface area contributed by atoms with Crippen molar-refractivity contribution in [1.82, 2.24) is 9.62 Å². The van der Waals surface area contributed by atoms with Gasteiger partial charge in [0.05, 0.1) is 6.54 Å². The molecular weight excluding hydrogens is 288 g/mol. The number of nitrogens with one attached hydrogen (secondary N) is 1. The highest BCUT2D eigenvalue weighted by molar-refractivity contribution is 7.89. The van der Waals surface area contributed by atoms with Gasteiger partial charge in [-0.1, -0.05) is 20.3 Å². The van der Waals surface area contributed by atoms with E-state index in [4.69, 9.17) is 4.42 Å². The second kappa shape index (κ2) is 6.94. The summed E-state index contributed by atoms with van der Waals surface area (Å²) in [6.45, 7) is 8.65. The summed E-state index contributed by atoms with van der Waals surface area (Å²) in [5.41, 5.74) is 0. The van der Waals surface area contributed by atoms with E-state index < -0.39 is 10.0 Å². The van der Waals surface area contributed by atoms with E-state index in [9.17, 15) is 8.42 Å². The Morgan fingerprint density at radius 1 is 1.43 bits per heavy atom. The van der Waals surface area contributed by atoms with Gasteiger partial charge in [0.1, 0.15) is 16.4 Å². The molecule has 1 aromatic rings. The number of hydrogen-bond acceptors (Lipinski definition) is 4. The molecule has 1 N–H and O–H groups in total. The number of sulfonamides is 1. The molecule has 6 heteroatoms. The summed E-state index contributed by atoms with van der Waals surface area (Å²) in [5, 5.41) is 3.23. The molecule has 0 spiro atoms. The molecule has 0 radical (unpaired) electrons. The van der Waals surface area contributed by atoms with Gasteiger partial charge in [-0.15, -0.1) is 0 Å². The maximum Gasteiger partial charge on any atom is 0.246 e. The zero-order chi connectivity index (χ0) is 15.5. The molecule has 21 heavy (non-hydrogen) atoms. The highest BCUT2D eigenvalue weighted by Crippen LogP contribution is 2.29. The van der Waals surface area contributed by atoms with Gasteiger partial charge in [0.2, 0.25) is 10.0 Å². The standard InChI is InChI=1S/C15H26N2O3S/c1-4-7-16-10-14-9-15(12(3)20-14)21(18,19)17-8-6-13(5-2)11-17/h9,13,16H,4-8,10-11H2,1-3H3. The third-order valence-corrected chi connectivity index (χ3v) is 6.07. The van der Waals surface area contributed by atoms with E-state index >= 15 is 0 Å². The summed E-state index contributed by atoms with van der Waals surface area (Å²) in [5.74, 6) is 1.66. The first kappa shape index (κ1) is 16.5. The Labute approximate surface area is 127 Å². The quantitative estimate of drug-likeness (QED) is 0.786. The van der Waals surface area contributed by atoms with Gasteiger partial charge in [-0.3, -0.25) is 0 Å².